The number of hydrogen-bond acceptors (Lipinski definition) is 3. The molecule has 2 amide bonds. The van der Waals surface area contributed by atoms with E-state index in [9.17, 15) is 9.59 Å². The molecule has 0 radical (unpaired) electrons. The quantitative estimate of drug-likeness (QED) is 0.365. The molecule has 0 unspecified atom stereocenters. The molecule has 0 heterocycles. The highest BCUT2D eigenvalue weighted by atomic mass is 35.5. The molecule has 0 fully saturated rings. The van der Waals surface area contributed by atoms with Gasteiger partial charge in [0, 0.05) is 34.1 Å². The van der Waals surface area contributed by atoms with E-state index in [1.165, 1.54) is 4.90 Å². The highest BCUT2D eigenvalue weighted by molar-refractivity contribution is 6.36. The molecule has 0 saturated carbocycles. The van der Waals surface area contributed by atoms with Crippen LogP contribution in [-0.4, -0.2) is 35.9 Å². The predicted octanol–water partition coefficient (Wildman–Crippen LogP) is 6.11. The minimum Gasteiger partial charge on any atom is -0.483 e. The Morgan fingerprint density at radius 1 is 0.971 bits per heavy atom. The molecule has 0 aromatic heterocycles. The molecule has 0 bridgehead atoms. The number of nitrogens with zero attached hydrogens (tertiary/aromatic N) is 1. The minimum atomic E-state index is -0.685. The van der Waals surface area contributed by atoms with Crippen molar-refractivity contribution in [2.75, 3.05) is 13.2 Å². The van der Waals surface area contributed by atoms with Crippen molar-refractivity contribution in [2.45, 2.75) is 39.8 Å². The van der Waals surface area contributed by atoms with Crippen molar-refractivity contribution >= 4 is 45.8 Å². The molecule has 0 aliphatic carbocycles. The van der Waals surface area contributed by atoms with Crippen molar-refractivity contribution in [3.8, 4) is 5.75 Å². The van der Waals surface area contributed by atoms with Crippen molar-refractivity contribution in [1.29, 1.82) is 0 Å². The van der Waals surface area contributed by atoms with Gasteiger partial charge in [0.15, 0.2) is 6.61 Å². The Balaban J connectivity index is 1.86. The molecule has 5 nitrogen and oxygen atoms in total. The molecule has 180 valence electrons. The van der Waals surface area contributed by atoms with E-state index in [1.54, 1.807) is 18.2 Å². The predicted molar refractivity (Wildman–Crippen MR) is 138 cm³/mol. The highest BCUT2D eigenvalue weighted by Gasteiger charge is 2.30. The number of hydrogen-bond donors (Lipinski definition) is 1. The molecule has 3 rings (SSSR count). The van der Waals surface area contributed by atoms with Gasteiger partial charge in [0.1, 0.15) is 11.8 Å². The Bertz CT molecular complexity index is 1120. The van der Waals surface area contributed by atoms with E-state index in [0.29, 0.717) is 40.2 Å². The third-order valence-electron chi connectivity index (χ3n) is 5.56. The van der Waals surface area contributed by atoms with Crippen LogP contribution in [-0.2, 0) is 16.1 Å². The summed E-state index contributed by atoms with van der Waals surface area (Å²) in [4.78, 5) is 28.0. The van der Waals surface area contributed by atoms with E-state index < -0.39 is 6.04 Å². The Morgan fingerprint density at radius 3 is 2.29 bits per heavy atom. The van der Waals surface area contributed by atoms with E-state index >= 15 is 0 Å². The number of amides is 2. The molecule has 3 aromatic carbocycles. The third kappa shape index (κ3) is 6.43. The molecule has 1 atom stereocenters. The molecule has 34 heavy (non-hydrogen) atoms. The molecule has 0 saturated heterocycles. The zero-order chi connectivity index (χ0) is 24.7. The maximum atomic E-state index is 13.5. The fourth-order valence-corrected chi connectivity index (χ4v) is 4.26. The van der Waals surface area contributed by atoms with Crippen molar-refractivity contribution in [3.63, 3.8) is 0 Å². The maximum Gasteiger partial charge on any atom is 0.261 e. The molecule has 0 spiro atoms. The fraction of sp³-hybridized carbons (Fsp3) is 0.333. The van der Waals surface area contributed by atoms with Gasteiger partial charge >= 0.3 is 0 Å². The first-order chi connectivity index (χ1) is 16.3. The Kier molecular flexibility index (Phi) is 9.20. The lowest BCUT2D eigenvalue weighted by Gasteiger charge is -2.31. The van der Waals surface area contributed by atoms with E-state index in [1.807, 2.05) is 63.2 Å². The number of ether oxygens (including phenoxy) is 1. The van der Waals surface area contributed by atoms with Gasteiger partial charge in [0.05, 0.1) is 0 Å². The molecule has 0 aliphatic rings. The Hall–Kier alpha value is -2.76. The second kappa shape index (κ2) is 12.1. The lowest BCUT2D eigenvalue weighted by atomic mass is 10.1. The maximum absolute atomic E-state index is 13.5. The van der Waals surface area contributed by atoms with Gasteiger partial charge in [-0.25, -0.2) is 0 Å². The summed E-state index contributed by atoms with van der Waals surface area (Å²) >= 11 is 12.8. The second-order valence-corrected chi connectivity index (χ2v) is 9.37. The van der Waals surface area contributed by atoms with Gasteiger partial charge in [-0.3, -0.25) is 9.59 Å². The number of halogens is 2. The fourth-order valence-electron chi connectivity index (χ4n) is 3.74. The van der Waals surface area contributed by atoms with E-state index in [-0.39, 0.29) is 25.0 Å². The first-order valence-electron chi connectivity index (χ1n) is 11.4. The van der Waals surface area contributed by atoms with Crippen LogP contribution in [0.4, 0.5) is 0 Å². The monoisotopic (exact) mass is 500 g/mol. The van der Waals surface area contributed by atoms with Gasteiger partial charge < -0.3 is 15.0 Å². The standard InChI is InChI=1S/C27H30Cl2N2O3/c1-4-24(27(33)30-15-18(2)3)31(16-21-22(28)12-8-13-23(21)29)26(32)17-34-25-14-7-10-19-9-5-6-11-20(19)25/h5-14,18,24H,4,15-17H2,1-3H3,(H,30,33)/t24-/m1/s1. The molecule has 1 N–H and O–H groups in total. The van der Waals surface area contributed by atoms with Crippen molar-refractivity contribution in [3.05, 3.63) is 76.3 Å². The van der Waals surface area contributed by atoms with E-state index in [4.69, 9.17) is 27.9 Å². The van der Waals surface area contributed by atoms with Crippen LogP contribution >= 0.6 is 23.2 Å². The summed E-state index contributed by atoms with van der Waals surface area (Å²) in [6, 6.07) is 18.0. The largest absolute Gasteiger partial charge is 0.483 e. The molecule has 3 aromatic rings. The average molecular weight is 501 g/mol. The van der Waals surface area contributed by atoms with Crippen LogP contribution in [0.25, 0.3) is 10.8 Å². The average Bonchev–Trinajstić information content (AvgIpc) is 2.82. The smallest absolute Gasteiger partial charge is 0.261 e. The summed E-state index contributed by atoms with van der Waals surface area (Å²) in [5.74, 6) is 0.367. The Labute approximate surface area is 211 Å². The summed E-state index contributed by atoms with van der Waals surface area (Å²) in [6.07, 6.45) is 0.437. The first kappa shape index (κ1) is 25.9. The second-order valence-electron chi connectivity index (χ2n) is 8.55. The van der Waals surface area contributed by atoms with Crippen molar-refractivity contribution < 1.29 is 14.3 Å². The molecular formula is C27H30Cl2N2O3. The number of carbonyl (C=O) groups is 2. The summed E-state index contributed by atoms with van der Waals surface area (Å²) in [7, 11) is 0. The van der Waals surface area contributed by atoms with Crippen LogP contribution in [0, 0.1) is 5.92 Å². The zero-order valence-electron chi connectivity index (χ0n) is 19.7. The number of benzene rings is 3. The summed E-state index contributed by atoms with van der Waals surface area (Å²) in [6.45, 7) is 6.32. The van der Waals surface area contributed by atoms with E-state index in [2.05, 4.69) is 5.32 Å². The zero-order valence-corrected chi connectivity index (χ0v) is 21.2. The van der Waals surface area contributed by atoms with Gasteiger partial charge in [-0.15, -0.1) is 0 Å². The first-order valence-corrected chi connectivity index (χ1v) is 12.2. The van der Waals surface area contributed by atoms with Crippen LogP contribution in [0.1, 0.15) is 32.8 Å². The van der Waals surface area contributed by atoms with Crippen LogP contribution in [0.3, 0.4) is 0 Å². The number of fused-ring (bicyclic) bond motifs is 1. The summed E-state index contributed by atoms with van der Waals surface area (Å²) in [5, 5.41) is 5.76. The number of nitrogens with one attached hydrogen (secondary N) is 1. The highest BCUT2D eigenvalue weighted by Crippen LogP contribution is 2.28. The third-order valence-corrected chi connectivity index (χ3v) is 6.27. The normalized spacial score (nSPS) is 11.9. The lowest BCUT2D eigenvalue weighted by Crippen LogP contribution is -2.50. The SMILES string of the molecule is CC[C@H](C(=O)NCC(C)C)N(Cc1c(Cl)cccc1Cl)C(=O)COc1cccc2ccccc12. The van der Waals surface area contributed by atoms with Crippen molar-refractivity contribution in [2.24, 2.45) is 5.92 Å². The molecular weight excluding hydrogens is 471 g/mol. The lowest BCUT2D eigenvalue weighted by molar-refractivity contribution is -0.143. The van der Waals surface area contributed by atoms with E-state index in [0.717, 1.165) is 10.8 Å². The topological polar surface area (TPSA) is 58.6 Å². The van der Waals surface area contributed by atoms with Gasteiger partial charge in [-0.2, -0.15) is 0 Å². The molecule has 7 heteroatoms. The van der Waals surface area contributed by atoms with Gasteiger partial charge in [0.2, 0.25) is 5.91 Å². The van der Waals surface area contributed by atoms with Crippen LogP contribution in [0.2, 0.25) is 10.0 Å². The van der Waals surface area contributed by atoms with Crippen LogP contribution < -0.4 is 10.1 Å². The van der Waals surface area contributed by atoms with Gasteiger partial charge in [-0.05, 0) is 35.9 Å². The molecule has 0 aliphatic heterocycles. The van der Waals surface area contributed by atoms with Gasteiger partial charge in [-0.1, -0.05) is 86.4 Å². The minimum absolute atomic E-state index is 0.101. The summed E-state index contributed by atoms with van der Waals surface area (Å²) < 4.78 is 5.94. The summed E-state index contributed by atoms with van der Waals surface area (Å²) in [5.41, 5.74) is 0.597. The van der Waals surface area contributed by atoms with Gasteiger partial charge in [0.25, 0.3) is 5.91 Å². The van der Waals surface area contributed by atoms with Crippen molar-refractivity contribution in [1.82, 2.24) is 10.2 Å². The Morgan fingerprint density at radius 2 is 1.62 bits per heavy atom. The number of rotatable bonds is 10. The number of carbonyl (C=O) groups excluding carboxylic acids is 2. The van der Waals surface area contributed by atoms with Crippen LogP contribution in [0.15, 0.2) is 60.7 Å². The van der Waals surface area contributed by atoms with Crippen LogP contribution in [0.5, 0.6) is 5.75 Å².